The standard InChI is InChI=1S/C13H19NO5S/c1-9-5-6-12(19-3)11(7-9)14(20(4,17)18)8-10(2)13(15)16/h5-7,10H,8H2,1-4H3,(H,15,16). The molecule has 0 heterocycles. The highest BCUT2D eigenvalue weighted by molar-refractivity contribution is 7.92. The van der Waals surface area contributed by atoms with Gasteiger partial charge in [-0.15, -0.1) is 0 Å². The Balaban J connectivity index is 3.32. The quantitative estimate of drug-likeness (QED) is 0.860. The molecule has 0 radical (unpaired) electrons. The maximum Gasteiger partial charge on any atom is 0.308 e. The third kappa shape index (κ3) is 3.86. The first-order valence-corrected chi connectivity index (χ1v) is 7.86. The summed E-state index contributed by atoms with van der Waals surface area (Å²) in [7, 11) is -2.17. The van der Waals surface area contributed by atoms with Crippen LogP contribution in [0.15, 0.2) is 18.2 Å². The summed E-state index contributed by atoms with van der Waals surface area (Å²) in [6.45, 7) is 3.14. The van der Waals surface area contributed by atoms with Crippen LogP contribution in [0.25, 0.3) is 0 Å². The van der Waals surface area contributed by atoms with Crippen LogP contribution in [0.1, 0.15) is 12.5 Å². The number of carboxylic acids is 1. The van der Waals surface area contributed by atoms with E-state index in [-0.39, 0.29) is 6.54 Å². The van der Waals surface area contributed by atoms with Gasteiger partial charge in [0.25, 0.3) is 0 Å². The third-order valence-electron chi connectivity index (χ3n) is 2.86. The zero-order valence-electron chi connectivity index (χ0n) is 12.0. The first kappa shape index (κ1) is 16.3. The highest BCUT2D eigenvalue weighted by Crippen LogP contribution is 2.31. The minimum absolute atomic E-state index is 0.145. The minimum atomic E-state index is -3.61. The van der Waals surface area contributed by atoms with Gasteiger partial charge in [0, 0.05) is 6.54 Å². The van der Waals surface area contributed by atoms with Crippen LogP contribution >= 0.6 is 0 Å². The number of hydrogen-bond acceptors (Lipinski definition) is 4. The van der Waals surface area contributed by atoms with Crippen LogP contribution in [0.3, 0.4) is 0 Å². The Morgan fingerprint density at radius 1 is 1.45 bits per heavy atom. The Kier molecular flexibility index (Phi) is 4.99. The predicted octanol–water partition coefficient (Wildman–Crippen LogP) is 1.49. The number of carbonyl (C=O) groups is 1. The van der Waals surface area contributed by atoms with Crippen molar-refractivity contribution in [3.05, 3.63) is 23.8 Å². The molecule has 0 aromatic heterocycles. The van der Waals surface area contributed by atoms with Gasteiger partial charge in [0.05, 0.1) is 25.0 Å². The number of carboxylic acid groups (broad SMARTS) is 1. The van der Waals surface area contributed by atoms with Gasteiger partial charge in [-0.2, -0.15) is 0 Å². The SMILES string of the molecule is COc1ccc(C)cc1N(CC(C)C(=O)O)S(C)(=O)=O. The van der Waals surface area contributed by atoms with Crippen molar-refractivity contribution >= 4 is 21.7 Å². The Morgan fingerprint density at radius 2 is 2.05 bits per heavy atom. The van der Waals surface area contributed by atoms with Gasteiger partial charge in [0.1, 0.15) is 5.75 Å². The molecular weight excluding hydrogens is 282 g/mol. The molecule has 0 aliphatic heterocycles. The van der Waals surface area contributed by atoms with Crippen molar-refractivity contribution in [3.63, 3.8) is 0 Å². The molecule has 1 unspecified atom stereocenters. The van der Waals surface area contributed by atoms with Gasteiger partial charge in [-0.05, 0) is 24.6 Å². The molecule has 0 aliphatic rings. The maximum atomic E-state index is 11.9. The summed E-state index contributed by atoms with van der Waals surface area (Å²) in [5.74, 6) is -1.49. The first-order chi connectivity index (χ1) is 9.16. The fourth-order valence-electron chi connectivity index (χ4n) is 1.73. The van der Waals surface area contributed by atoms with E-state index in [4.69, 9.17) is 9.84 Å². The monoisotopic (exact) mass is 301 g/mol. The molecule has 1 aromatic rings. The predicted molar refractivity (Wildman–Crippen MR) is 76.7 cm³/mol. The lowest BCUT2D eigenvalue weighted by atomic mass is 10.1. The second kappa shape index (κ2) is 6.13. The molecule has 1 aromatic carbocycles. The fourth-order valence-corrected chi connectivity index (χ4v) is 2.73. The van der Waals surface area contributed by atoms with Crippen LogP contribution in [0.4, 0.5) is 5.69 Å². The van der Waals surface area contributed by atoms with Gasteiger partial charge < -0.3 is 9.84 Å². The normalized spacial score (nSPS) is 12.8. The molecule has 0 fully saturated rings. The third-order valence-corrected chi connectivity index (χ3v) is 4.01. The number of sulfonamides is 1. The van der Waals surface area contributed by atoms with Crippen LogP contribution in [-0.2, 0) is 14.8 Å². The molecule has 0 aliphatic carbocycles. The molecule has 0 saturated heterocycles. The number of aliphatic carboxylic acids is 1. The van der Waals surface area contributed by atoms with E-state index in [0.717, 1.165) is 16.1 Å². The lowest BCUT2D eigenvalue weighted by Crippen LogP contribution is -2.36. The second-order valence-electron chi connectivity index (χ2n) is 4.71. The Labute approximate surface area is 119 Å². The Hall–Kier alpha value is -1.76. The van der Waals surface area contributed by atoms with E-state index in [1.54, 1.807) is 18.2 Å². The van der Waals surface area contributed by atoms with Gasteiger partial charge in [0.2, 0.25) is 10.0 Å². The summed E-state index contributed by atoms with van der Waals surface area (Å²) in [5.41, 5.74) is 1.21. The summed E-state index contributed by atoms with van der Waals surface area (Å²) >= 11 is 0. The molecule has 0 bridgehead atoms. The van der Waals surface area contributed by atoms with E-state index >= 15 is 0 Å². The average molecular weight is 301 g/mol. The first-order valence-electron chi connectivity index (χ1n) is 6.02. The Morgan fingerprint density at radius 3 is 2.50 bits per heavy atom. The van der Waals surface area contributed by atoms with Crippen molar-refractivity contribution in [2.75, 3.05) is 24.2 Å². The van der Waals surface area contributed by atoms with E-state index in [0.29, 0.717) is 11.4 Å². The number of anilines is 1. The van der Waals surface area contributed by atoms with Crippen molar-refractivity contribution in [3.8, 4) is 5.75 Å². The maximum absolute atomic E-state index is 11.9. The number of hydrogen-bond donors (Lipinski definition) is 1. The average Bonchev–Trinajstić information content (AvgIpc) is 2.33. The fraction of sp³-hybridized carbons (Fsp3) is 0.462. The minimum Gasteiger partial charge on any atom is -0.495 e. The molecule has 1 atom stereocenters. The Bertz CT molecular complexity index is 597. The van der Waals surface area contributed by atoms with E-state index < -0.39 is 21.9 Å². The van der Waals surface area contributed by atoms with Crippen molar-refractivity contribution in [1.29, 1.82) is 0 Å². The molecule has 1 rings (SSSR count). The summed E-state index contributed by atoms with van der Waals surface area (Å²) < 4.78 is 30.1. The van der Waals surface area contributed by atoms with Crippen molar-refractivity contribution in [2.45, 2.75) is 13.8 Å². The zero-order chi connectivity index (χ0) is 15.5. The molecule has 0 spiro atoms. The lowest BCUT2D eigenvalue weighted by molar-refractivity contribution is -0.140. The number of ether oxygens (including phenoxy) is 1. The van der Waals surface area contributed by atoms with Crippen LogP contribution in [0, 0.1) is 12.8 Å². The van der Waals surface area contributed by atoms with Gasteiger partial charge in [-0.1, -0.05) is 13.0 Å². The molecule has 7 heteroatoms. The molecule has 20 heavy (non-hydrogen) atoms. The number of methoxy groups -OCH3 is 1. The van der Waals surface area contributed by atoms with Crippen LogP contribution < -0.4 is 9.04 Å². The van der Waals surface area contributed by atoms with Crippen LogP contribution in [0.5, 0.6) is 5.75 Å². The van der Waals surface area contributed by atoms with Crippen molar-refractivity contribution < 1.29 is 23.1 Å². The molecular formula is C13H19NO5S. The number of aryl methyl sites for hydroxylation is 1. The van der Waals surface area contributed by atoms with E-state index in [1.165, 1.54) is 14.0 Å². The summed E-state index contributed by atoms with van der Waals surface area (Å²) in [6, 6.07) is 5.12. The molecule has 6 nitrogen and oxygen atoms in total. The topological polar surface area (TPSA) is 83.9 Å². The number of nitrogens with zero attached hydrogens (tertiary/aromatic N) is 1. The molecule has 1 N–H and O–H groups in total. The number of rotatable bonds is 6. The van der Waals surface area contributed by atoms with Crippen LogP contribution in [-0.4, -0.2) is 39.4 Å². The van der Waals surface area contributed by atoms with Crippen molar-refractivity contribution in [1.82, 2.24) is 0 Å². The summed E-state index contributed by atoms with van der Waals surface area (Å²) in [6.07, 6.45) is 1.04. The van der Waals surface area contributed by atoms with Crippen LogP contribution in [0.2, 0.25) is 0 Å². The highest BCUT2D eigenvalue weighted by atomic mass is 32.2. The van der Waals surface area contributed by atoms with E-state index in [2.05, 4.69) is 0 Å². The van der Waals surface area contributed by atoms with E-state index in [9.17, 15) is 13.2 Å². The largest absolute Gasteiger partial charge is 0.495 e. The smallest absolute Gasteiger partial charge is 0.308 e. The highest BCUT2D eigenvalue weighted by Gasteiger charge is 2.25. The summed E-state index contributed by atoms with van der Waals surface area (Å²) in [4.78, 5) is 11.0. The molecule has 0 amide bonds. The number of benzene rings is 1. The molecule has 112 valence electrons. The second-order valence-corrected chi connectivity index (χ2v) is 6.62. The molecule has 0 saturated carbocycles. The van der Waals surface area contributed by atoms with E-state index in [1.807, 2.05) is 6.92 Å². The lowest BCUT2D eigenvalue weighted by Gasteiger charge is -2.26. The van der Waals surface area contributed by atoms with Gasteiger partial charge in [-0.25, -0.2) is 8.42 Å². The summed E-state index contributed by atoms with van der Waals surface area (Å²) in [5, 5.41) is 8.97. The van der Waals surface area contributed by atoms with Gasteiger partial charge in [0.15, 0.2) is 0 Å². The van der Waals surface area contributed by atoms with Crippen molar-refractivity contribution in [2.24, 2.45) is 5.92 Å². The zero-order valence-corrected chi connectivity index (χ0v) is 12.8. The van der Waals surface area contributed by atoms with Gasteiger partial charge in [-0.3, -0.25) is 9.10 Å². The van der Waals surface area contributed by atoms with Gasteiger partial charge >= 0.3 is 5.97 Å².